The van der Waals surface area contributed by atoms with Crippen molar-refractivity contribution in [2.45, 2.75) is 25.9 Å². The van der Waals surface area contributed by atoms with Crippen molar-refractivity contribution in [3.8, 4) is 17.1 Å². The van der Waals surface area contributed by atoms with Crippen molar-refractivity contribution in [3.63, 3.8) is 0 Å². The quantitative estimate of drug-likeness (QED) is 0.465. The highest BCUT2D eigenvalue weighted by Crippen LogP contribution is 2.21. The average Bonchev–Trinajstić information content (AvgIpc) is 3.19. The molecule has 9 nitrogen and oxygen atoms in total. The van der Waals surface area contributed by atoms with Gasteiger partial charge >= 0.3 is 5.69 Å². The molecule has 1 atom stereocenters. The summed E-state index contributed by atoms with van der Waals surface area (Å²) in [4.78, 5) is 28.2. The maximum Gasteiger partial charge on any atom is 0.351 e. The van der Waals surface area contributed by atoms with Crippen LogP contribution in [-0.4, -0.2) is 75.8 Å². The molecule has 1 fully saturated rings. The van der Waals surface area contributed by atoms with Crippen molar-refractivity contribution < 1.29 is 14.6 Å². The van der Waals surface area contributed by atoms with E-state index < -0.39 is 17.6 Å². The summed E-state index contributed by atoms with van der Waals surface area (Å²) in [5, 5.41) is 17.0. The van der Waals surface area contributed by atoms with Gasteiger partial charge in [0.25, 0.3) is 0 Å². The second kappa shape index (κ2) is 11.6. The number of aliphatic hydroxyl groups excluding tert-OH is 1. The first kappa shape index (κ1) is 25.1. The molecule has 0 saturated carbocycles. The van der Waals surface area contributed by atoms with Crippen LogP contribution in [0.2, 0.25) is 5.02 Å². The van der Waals surface area contributed by atoms with Gasteiger partial charge in [-0.2, -0.15) is 4.68 Å². The lowest BCUT2D eigenvalue weighted by molar-refractivity contribution is -0.122. The van der Waals surface area contributed by atoms with Crippen LogP contribution in [0.1, 0.15) is 12.5 Å². The molecule has 2 heterocycles. The van der Waals surface area contributed by atoms with Crippen LogP contribution in [0.4, 0.5) is 0 Å². The lowest BCUT2D eigenvalue weighted by Crippen LogP contribution is -2.39. The van der Waals surface area contributed by atoms with Crippen LogP contribution in [0.3, 0.4) is 0 Å². The lowest BCUT2D eigenvalue weighted by atomic mass is 10.1. The number of aliphatic hydroxyl groups is 1. The fraction of sp³-hybridized carbons (Fsp3) is 0.400. The number of carbonyl (C=O) groups excluding carboxylic acids is 1. The van der Waals surface area contributed by atoms with E-state index in [1.165, 1.54) is 14.8 Å². The summed E-state index contributed by atoms with van der Waals surface area (Å²) < 4.78 is 8.01. The molecule has 186 valence electrons. The summed E-state index contributed by atoms with van der Waals surface area (Å²) in [6, 6.07) is 14.3. The van der Waals surface area contributed by atoms with Gasteiger partial charge in [-0.25, -0.2) is 4.79 Å². The Hall–Kier alpha value is -2.98. The minimum absolute atomic E-state index is 0.195. The molecular weight excluding hydrogens is 470 g/mol. The number of nitrogens with zero attached hydrogens (tertiary/aromatic N) is 4. The second-order valence-corrected chi connectivity index (χ2v) is 9.07. The number of hydrogen-bond donors (Lipinski definition) is 2. The number of hydrogen-bond acceptors (Lipinski definition) is 6. The second-order valence-electron chi connectivity index (χ2n) is 8.64. The third-order valence-electron chi connectivity index (χ3n) is 5.93. The average molecular weight is 500 g/mol. The molecule has 1 aliphatic heterocycles. The number of nitrogens with one attached hydrogen (secondary N) is 1. The molecule has 1 aromatic heterocycles. The van der Waals surface area contributed by atoms with Crippen molar-refractivity contribution in [1.29, 1.82) is 0 Å². The van der Waals surface area contributed by atoms with E-state index in [4.69, 9.17) is 16.3 Å². The summed E-state index contributed by atoms with van der Waals surface area (Å²) in [6.07, 6.45) is 0.903. The Labute approximate surface area is 208 Å². The van der Waals surface area contributed by atoms with Crippen LogP contribution in [0, 0.1) is 0 Å². The van der Waals surface area contributed by atoms with Crippen molar-refractivity contribution in [2.24, 2.45) is 0 Å². The van der Waals surface area contributed by atoms with Crippen molar-refractivity contribution in [3.05, 3.63) is 69.6 Å². The summed E-state index contributed by atoms with van der Waals surface area (Å²) in [5.41, 5.74) is 1.96. The predicted octanol–water partition coefficient (Wildman–Crippen LogP) is 1.73. The van der Waals surface area contributed by atoms with Crippen LogP contribution in [0.25, 0.3) is 17.1 Å². The minimum atomic E-state index is -0.437. The molecule has 0 spiro atoms. The standard InChI is InChI=1S/C25H30ClN5O4/c1-18(17-32)27-23(33)16-30-24(20-3-2-4-21(26)15-20)28-31(25(30)34)22-7-5-19(6-8-22)9-10-29-11-13-35-14-12-29/h2-8,15,18,32H,9-14,16-17H2,1H3,(H,27,33). The SMILES string of the molecule is CC(CO)NC(=O)Cn1c(-c2cccc(Cl)c2)nn(-c2ccc(CCN3CCOCC3)cc2)c1=O. The first-order chi connectivity index (χ1) is 16.9. The highest BCUT2D eigenvalue weighted by molar-refractivity contribution is 6.30. The highest BCUT2D eigenvalue weighted by atomic mass is 35.5. The zero-order chi connectivity index (χ0) is 24.8. The van der Waals surface area contributed by atoms with Crippen molar-refractivity contribution in [1.82, 2.24) is 24.6 Å². The van der Waals surface area contributed by atoms with Gasteiger partial charge in [0.05, 0.1) is 25.5 Å². The van der Waals surface area contributed by atoms with Gasteiger partial charge < -0.3 is 15.2 Å². The van der Waals surface area contributed by atoms with Gasteiger partial charge in [-0.05, 0) is 43.2 Å². The third kappa shape index (κ3) is 6.37. The Bertz CT molecular complexity index is 1200. The van der Waals surface area contributed by atoms with Crippen LogP contribution < -0.4 is 11.0 Å². The van der Waals surface area contributed by atoms with Crippen LogP contribution in [-0.2, 0) is 22.5 Å². The van der Waals surface area contributed by atoms with Crippen LogP contribution >= 0.6 is 11.6 Å². The van der Waals surface area contributed by atoms with Gasteiger partial charge in [0.15, 0.2) is 5.82 Å². The maximum atomic E-state index is 13.3. The Kier molecular flexibility index (Phi) is 8.35. The highest BCUT2D eigenvalue weighted by Gasteiger charge is 2.20. The molecule has 1 saturated heterocycles. The molecular formula is C25H30ClN5O4. The molecule has 0 bridgehead atoms. The first-order valence-electron chi connectivity index (χ1n) is 11.7. The van der Waals surface area contributed by atoms with Crippen LogP contribution in [0.5, 0.6) is 0 Å². The molecule has 35 heavy (non-hydrogen) atoms. The summed E-state index contributed by atoms with van der Waals surface area (Å²) in [7, 11) is 0. The predicted molar refractivity (Wildman–Crippen MR) is 134 cm³/mol. The monoisotopic (exact) mass is 499 g/mol. The Morgan fingerprint density at radius 1 is 1.20 bits per heavy atom. The lowest BCUT2D eigenvalue weighted by Gasteiger charge is -2.26. The van der Waals surface area contributed by atoms with E-state index in [1.807, 2.05) is 24.3 Å². The van der Waals surface area contributed by atoms with Crippen LogP contribution in [0.15, 0.2) is 53.3 Å². The normalized spacial score (nSPS) is 15.2. The molecule has 1 amide bonds. The van der Waals surface area contributed by atoms with Gasteiger partial charge in [0, 0.05) is 36.3 Å². The van der Waals surface area contributed by atoms with Gasteiger partial charge in [0.1, 0.15) is 6.54 Å². The minimum Gasteiger partial charge on any atom is -0.394 e. The molecule has 0 aliphatic carbocycles. The van der Waals surface area contributed by atoms with E-state index in [9.17, 15) is 14.7 Å². The Morgan fingerprint density at radius 2 is 1.94 bits per heavy atom. The largest absolute Gasteiger partial charge is 0.394 e. The zero-order valence-corrected chi connectivity index (χ0v) is 20.4. The number of amides is 1. The van der Waals surface area contributed by atoms with E-state index in [-0.39, 0.29) is 13.2 Å². The van der Waals surface area contributed by atoms with E-state index in [1.54, 1.807) is 31.2 Å². The third-order valence-corrected chi connectivity index (χ3v) is 6.16. The number of benzene rings is 2. The molecule has 1 aliphatic rings. The number of halogens is 1. The van der Waals surface area contributed by atoms with E-state index in [0.29, 0.717) is 22.1 Å². The Morgan fingerprint density at radius 3 is 2.63 bits per heavy atom. The first-order valence-corrected chi connectivity index (χ1v) is 12.1. The number of ether oxygens (including phenoxy) is 1. The van der Waals surface area contributed by atoms with Gasteiger partial charge in [0.2, 0.25) is 5.91 Å². The summed E-state index contributed by atoms with van der Waals surface area (Å²) in [6.45, 7) is 5.65. The number of carbonyl (C=O) groups is 1. The summed E-state index contributed by atoms with van der Waals surface area (Å²) in [5.74, 6) is -0.0596. The zero-order valence-electron chi connectivity index (χ0n) is 19.7. The fourth-order valence-electron chi connectivity index (χ4n) is 3.97. The topological polar surface area (TPSA) is 102 Å². The Balaban J connectivity index is 1.59. The maximum absolute atomic E-state index is 13.3. The number of morpholine rings is 1. The van der Waals surface area contributed by atoms with Crippen molar-refractivity contribution >= 4 is 17.5 Å². The number of rotatable bonds is 9. The van der Waals surface area contributed by atoms with E-state index >= 15 is 0 Å². The molecule has 3 aromatic rings. The van der Waals surface area contributed by atoms with Gasteiger partial charge in [-0.15, -0.1) is 5.10 Å². The molecule has 2 N–H and O–H groups in total. The fourth-order valence-corrected chi connectivity index (χ4v) is 4.16. The molecule has 0 radical (unpaired) electrons. The summed E-state index contributed by atoms with van der Waals surface area (Å²) >= 11 is 6.17. The molecule has 2 aromatic carbocycles. The smallest absolute Gasteiger partial charge is 0.351 e. The molecule has 1 unspecified atom stereocenters. The van der Waals surface area contributed by atoms with E-state index in [0.717, 1.165) is 39.3 Å². The number of aromatic nitrogens is 3. The molecule has 4 rings (SSSR count). The molecule has 10 heteroatoms. The van der Waals surface area contributed by atoms with Gasteiger partial charge in [-0.1, -0.05) is 35.9 Å². The van der Waals surface area contributed by atoms with Gasteiger partial charge in [-0.3, -0.25) is 14.3 Å². The van der Waals surface area contributed by atoms with Crippen molar-refractivity contribution in [2.75, 3.05) is 39.5 Å². The van der Waals surface area contributed by atoms with E-state index in [2.05, 4.69) is 15.3 Å².